The Kier molecular flexibility index (Phi) is 1.99. The van der Waals surface area contributed by atoms with Crippen LogP contribution in [0.1, 0.15) is 5.56 Å². The predicted molar refractivity (Wildman–Crippen MR) is 38.2 cm³/mol. The summed E-state index contributed by atoms with van der Waals surface area (Å²) in [7, 11) is 0. The average molecular weight is 138 g/mol. The number of halogens is 1. The van der Waals surface area contributed by atoms with Gasteiger partial charge < -0.3 is 5.84 Å². The summed E-state index contributed by atoms with van der Waals surface area (Å²) >= 11 is 0. The zero-order valence-electron chi connectivity index (χ0n) is 5.29. The molecule has 0 heterocycles. The van der Waals surface area contributed by atoms with Gasteiger partial charge in [-0.25, -0.2) is 4.39 Å². The molecule has 0 spiro atoms. The van der Waals surface area contributed by atoms with E-state index >= 15 is 0 Å². The van der Waals surface area contributed by atoms with Gasteiger partial charge in [0.05, 0.1) is 6.21 Å². The summed E-state index contributed by atoms with van der Waals surface area (Å²) < 4.78 is 12.4. The highest BCUT2D eigenvalue weighted by Gasteiger charge is 1.88. The van der Waals surface area contributed by atoms with Crippen LogP contribution >= 0.6 is 0 Å². The first-order chi connectivity index (χ1) is 4.83. The Bertz CT molecular complexity index is 245. The smallest absolute Gasteiger partial charge is 0.123 e. The maximum Gasteiger partial charge on any atom is 0.123 e. The Morgan fingerprint density at radius 1 is 1.50 bits per heavy atom. The van der Waals surface area contributed by atoms with Gasteiger partial charge in [0.2, 0.25) is 0 Å². The maximum atomic E-state index is 12.4. The van der Waals surface area contributed by atoms with Crippen LogP contribution in [0, 0.1) is 5.82 Å². The highest BCUT2D eigenvalue weighted by molar-refractivity contribution is 5.79. The molecule has 2 N–H and O–H groups in total. The van der Waals surface area contributed by atoms with Crippen molar-refractivity contribution in [1.29, 1.82) is 0 Å². The molecule has 0 bridgehead atoms. The Morgan fingerprint density at radius 3 is 2.90 bits per heavy atom. The lowest BCUT2D eigenvalue weighted by molar-refractivity contribution is 0.627. The fraction of sp³-hybridized carbons (Fsp3) is 0. The van der Waals surface area contributed by atoms with Gasteiger partial charge in [-0.3, -0.25) is 0 Å². The molecule has 0 radical (unpaired) electrons. The minimum Gasteiger partial charge on any atom is -0.323 e. The quantitative estimate of drug-likeness (QED) is 0.352. The molecule has 1 aromatic carbocycles. The first-order valence-electron chi connectivity index (χ1n) is 2.82. The molecular weight excluding hydrogens is 131 g/mol. The van der Waals surface area contributed by atoms with Gasteiger partial charge in [0.15, 0.2) is 0 Å². The lowest BCUT2D eigenvalue weighted by Crippen LogP contribution is -1.86. The molecule has 0 atom stereocenters. The minimum atomic E-state index is -0.280. The summed E-state index contributed by atoms with van der Waals surface area (Å²) in [4.78, 5) is 0. The molecule has 1 aromatic rings. The van der Waals surface area contributed by atoms with Crippen molar-refractivity contribution in [2.24, 2.45) is 10.9 Å². The Hall–Kier alpha value is -1.38. The molecule has 0 aliphatic carbocycles. The largest absolute Gasteiger partial charge is 0.323 e. The van der Waals surface area contributed by atoms with Crippen molar-refractivity contribution in [2.75, 3.05) is 0 Å². The maximum absolute atomic E-state index is 12.4. The molecule has 0 unspecified atom stereocenters. The predicted octanol–water partition coefficient (Wildman–Crippen LogP) is 1.12. The molecule has 0 saturated carbocycles. The topological polar surface area (TPSA) is 38.4 Å². The first-order valence-corrected chi connectivity index (χ1v) is 2.82. The van der Waals surface area contributed by atoms with Crippen LogP contribution in [0.4, 0.5) is 4.39 Å². The zero-order valence-corrected chi connectivity index (χ0v) is 5.29. The van der Waals surface area contributed by atoms with E-state index in [4.69, 9.17) is 5.84 Å². The van der Waals surface area contributed by atoms with Gasteiger partial charge in [0, 0.05) is 0 Å². The summed E-state index contributed by atoms with van der Waals surface area (Å²) in [6.07, 6.45) is 1.39. The summed E-state index contributed by atoms with van der Waals surface area (Å²) in [5.74, 6) is 4.58. The van der Waals surface area contributed by atoms with Gasteiger partial charge in [0.1, 0.15) is 5.82 Å². The molecule has 0 aromatic heterocycles. The second-order valence-corrected chi connectivity index (χ2v) is 1.83. The number of nitrogens with zero attached hydrogens (tertiary/aromatic N) is 1. The van der Waals surface area contributed by atoms with Gasteiger partial charge >= 0.3 is 0 Å². The molecule has 0 fully saturated rings. The molecule has 52 valence electrons. The first kappa shape index (κ1) is 6.74. The van der Waals surface area contributed by atoms with Gasteiger partial charge in [-0.05, 0) is 17.7 Å². The molecule has 0 saturated heterocycles. The van der Waals surface area contributed by atoms with E-state index in [1.54, 1.807) is 12.1 Å². The Balaban J connectivity index is 2.95. The van der Waals surface area contributed by atoms with Crippen molar-refractivity contribution in [3.05, 3.63) is 35.6 Å². The molecule has 2 nitrogen and oxygen atoms in total. The molecule has 0 amide bonds. The zero-order chi connectivity index (χ0) is 7.40. The molecule has 1 rings (SSSR count). The van der Waals surface area contributed by atoms with E-state index in [-0.39, 0.29) is 5.82 Å². The van der Waals surface area contributed by atoms with Gasteiger partial charge in [0.25, 0.3) is 0 Å². The summed E-state index contributed by atoms with van der Waals surface area (Å²) in [5, 5.41) is 3.26. The van der Waals surface area contributed by atoms with E-state index < -0.39 is 0 Å². The molecule has 0 aliphatic rings. The van der Waals surface area contributed by atoms with Crippen LogP contribution in [0.15, 0.2) is 29.4 Å². The van der Waals surface area contributed by atoms with Crippen LogP contribution in [0.3, 0.4) is 0 Å². The van der Waals surface area contributed by atoms with Gasteiger partial charge in [-0.1, -0.05) is 12.1 Å². The Labute approximate surface area is 58.2 Å². The summed E-state index contributed by atoms with van der Waals surface area (Å²) in [5.41, 5.74) is 0.669. The van der Waals surface area contributed by atoms with Gasteiger partial charge in [-0.15, -0.1) is 0 Å². The second-order valence-electron chi connectivity index (χ2n) is 1.83. The molecule has 0 aliphatic heterocycles. The molecular formula is C7H7FN2. The number of hydrazone groups is 1. The highest BCUT2D eigenvalue weighted by Crippen LogP contribution is 1.99. The van der Waals surface area contributed by atoms with Crippen LogP contribution in [-0.4, -0.2) is 6.21 Å². The van der Waals surface area contributed by atoms with Crippen molar-refractivity contribution in [3.63, 3.8) is 0 Å². The third-order valence-corrected chi connectivity index (χ3v) is 1.07. The van der Waals surface area contributed by atoms with Crippen molar-refractivity contribution < 1.29 is 4.39 Å². The average Bonchev–Trinajstić information content (AvgIpc) is 1.88. The SMILES string of the molecule is N/N=C/c1cccc(F)c1. The lowest BCUT2D eigenvalue weighted by Gasteiger charge is -1.89. The van der Waals surface area contributed by atoms with E-state index in [1.165, 1.54) is 18.3 Å². The van der Waals surface area contributed by atoms with Crippen LogP contribution < -0.4 is 5.84 Å². The third kappa shape index (κ3) is 1.55. The van der Waals surface area contributed by atoms with Crippen molar-refractivity contribution in [2.45, 2.75) is 0 Å². The van der Waals surface area contributed by atoms with Gasteiger partial charge in [-0.2, -0.15) is 5.10 Å². The monoisotopic (exact) mass is 138 g/mol. The Morgan fingerprint density at radius 2 is 2.30 bits per heavy atom. The number of rotatable bonds is 1. The van der Waals surface area contributed by atoms with E-state index in [1.807, 2.05) is 0 Å². The minimum absolute atomic E-state index is 0.280. The summed E-state index contributed by atoms with van der Waals surface area (Å²) in [6, 6.07) is 6.05. The third-order valence-electron chi connectivity index (χ3n) is 1.07. The van der Waals surface area contributed by atoms with Crippen LogP contribution in [-0.2, 0) is 0 Å². The fourth-order valence-electron chi connectivity index (χ4n) is 0.673. The second kappa shape index (κ2) is 2.96. The van der Waals surface area contributed by atoms with E-state index in [9.17, 15) is 4.39 Å². The fourth-order valence-corrected chi connectivity index (χ4v) is 0.673. The number of hydrogen-bond acceptors (Lipinski definition) is 2. The van der Waals surface area contributed by atoms with Crippen LogP contribution in [0.2, 0.25) is 0 Å². The van der Waals surface area contributed by atoms with Crippen LogP contribution in [0.5, 0.6) is 0 Å². The van der Waals surface area contributed by atoms with Crippen molar-refractivity contribution in [1.82, 2.24) is 0 Å². The number of hydrogen-bond donors (Lipinski definition) is 1. The van der Waals surface area contributed by atoms with Crippen molar-refractivity contribution >= 4 is 6.21 Å². The normalized spacial score (nSPS) is 10.5. The number of benzene rings is 1. The molecule has 3 heteroatoms. The van der Waals surface area contributed by atoms with E-state index in [0.717, 1.165) is 0 Å². The standard InChI is InChI=1S/C7H7FN2/c8-7-3-1-2-6(4-7)5-10-9/h1-5H,9H2/b10-5+. The summed E-state index contributed by atoms with van der Waals surface area (Å²) in [6.45, 7) is 0. The lowest BCUT2D eigenvalue weighted by atomic mass is 10.2. The van der Waals surface area contributed by atoms with E-state index in [2.05, 4.69) is 5.10 Å². The van der Waals surface area contributed by atoms with Crippen molar-refractivity contribution in [3.8, 4) is 0 Å². The van der Waals surface area contributed by atoms with Crippen LogP contribution in [0.25, 0.3) is 0 Å². The highest BCUT2D eigenvalue weighted by atomic mass is 19.1. The number of nitrogens with two attached hydrogens (primary N) is 1. The van der Waals surface area contributed by atoms with E-state index in [0.29, 0.717) is 5.56 Å². The molecule has 10 heavy (non-hydrogen) atoms.